The van der Waals surface area contributed by atoms with Crippen LogP contribution in [0.15, 0.2) is 24.3 Å². The van der Waals surface area contributed by atoms with E-state index in [0.29, 0.717) is 18.7 Å². The largest absolute Gasteiger partial charge is 0.387 e. The van der Waals surface area contributed by atoms with Gasteiger partial charge in [0.25, 0.3) is 0 Å². The number of rotatable bonds is 4. The summed E-state index contributed by atoms with van der Waals surface area (Å²) in [5, 5.41) is 15.7. The molecule has 1 unspecified atom stereocenters. The average molecular weight is 282 g/mol. The Morgan fingerprint density at radius 2 is 2.25 bits per heavy atom. The van der Waals surface area contributed by atoms with Crippen molar-refractivity contribution in [2.24, 2.45) is 0 Å². The number of hydrogen-bond donors (Lipinski definition) is 3. The molecule has 1 aromatic carbocycles. The molecule has 110 valence electrons. The van der Waals surface area contributed by atoms with E-state index in [1.54, 1.807) is 0 Å². The van der Waals surface area contributed by atoms with Crippen LogP contribution in [-0.2, 0) is 9.53 Å². The second-order valence-electron chi connectivity index (χ2n) is 4.82. The van der Waals surface area contributed by atoms with Crippen LogP contribution in [-0.4, -0.2) is 42.9 Å². The number of ether oxygens (including phenoxy) is 1. The quantitative estimate of drug-likeness (QED) is 0.745. The number of carbonyl (C=O) groups is 1. The first-order valence-electron chi connectivity index (χ1n) is 6.64. The third-order valence-electron chi connectivity index (χ3n) is 3.32. The van der Waals surface area contributed by atoms with Gasteiger partial charge < -0.3 is 20.5 Å². The van der Waals surface area contributed by atoms with Gasteiger partial charge in [-0.25, -0.2) is 4.39 Å². The van der Waals surface area contributed by atoms with Gasteiger partial charge in [-0.15, -0.1) is 0 Å². The lowest BCUT2D eigenvalue weighted by Gasteiger charge is -2.29. The molecule has 0 radical (unpaired) electrons. The number of amides is 1. The van der Waals surface area contributed by atoms with Gasteiger partial charge in [0.1, 0.15) is 11.9 Å². The molecular weight excluding hydrogens is 263 g/mol. The van der Waals surface area contributed by atoms with E-state index in [0.717, 1.165) is 0 Å². The SMILES string of the molecule is C[C@H]1OCCN[C@@H]1C(=O)NCC(O)c1ccc(F)cc1. The fourth-order valence-corrected chi connectivity index (χ4v) is 2.14. The molecule has 0 bridgehead atoms. The molecule has 1 fully saturated rings. The fraction of sp³-hybridized carbons (Fsp3) is 0.500. The van der Waals surface area contributed by atoms with Crippen LogP contribution in [0.3, 0.4) is 0 Å². The summed E-state index contributed by atoms with van der Waals surface area (Å²) in [6, 6.07) is 5.13. The molecule has 0 aromatic heterocycles. The van der Waals surface area contributed by atoms with Gasteiger partial charge in [0.2, 0.25) is 5.91 Å². The number of nitrogens with one attached hydrogen (secondary N) is 2. The number of aliphatic hydroxyl groups excluding tert-OH is 1. The first-order chi connectivity index (χ1) is 9.58. The highest BCUT2D eigenvalue weighted by Crippen LogP contribution is 2.12. The van der Waals surface area contributed by atoms with Crippen molar-refractivity contribution in [3.05, 3.63) is 35.6 Å². The Balaban J connectivity index is 1.84. The van der Waals surface area contributed by atoms with E-state index in [1.807, 2.05) is 6.92 Å². The normalized spacial score (nSPS) is 24.1. The lowest BCUT2D eigenvalue weighted by atomic mass is 10.1. The van der Waals surface area contributed by atoms with E-state index in [4.69, 9.17) is 4.74 Å². The van der Waals surface area contributed by atoms with Crippen LogP contribution < -0.4 is 10.6 Å². The van der Waals surface area contributed by atoms with Crippen LogP contribution >= 0.6 is 0 Å². The van der Waals surface area contributed by atoms with Crippen LogP contribution in [0.25, 0.3) is 0 Å². The van der Waals surface area contributed by atoms with Crippen molar-refractivity contribution >= 4 is 5.91 Å². The van der Waals surface area contributed by atoms with Crippen LogP contribution in [0.5, 0.6) is 0 Å². The maximum absolute atomic E-state index is 12.8. The van der Waals surface area contributed by atoms with Crippen molar-refractivity contribution in [1.29, 1.82) is 0 Å². The lowest BCUT2D eigenvalue weighted by molar-refractivity contribution is -0.129. The highest BCUT2D eigenvalue weighted by atomic mass is 19.1. The van der Waals surface area contributed by atoms with E-state index >= 15 is 0 Å². The first-order valence-corrected chi connectivity index (χ1v) is 6.64. The third-order valence-corrected chi connectivity index (χ3v) is 3.32. The van der Waals surface area contributed by atoms with Crippen molar-refractivity contribution in [2.75, 3.05) is 19.7 Å². The van der Waals surface area contributed by atoms with Gasteiger partial charge in [0, 0.05) is 13.1 Å². The standard InChI is InChI=1S/C14H19FN2O3/c1-9-13(16-6-7-20-9)14(19)17-8-12(18)10-2-4-11(15)5-3-10/h2-5,9,12-13,16,18H,6-8H2,1H3,(H,17,19)/t9-,12?,13+/m1/s1. The van der Waals surface area contributed by atoms with Gasteiger partial charge in [-0.3, -0.25) is 4.79 Å². The highest BCUT2D eigenvalue weighted by Gasteiger charge is 2.28. The van der Waals surface area contributed by atoms with Crippen molar-refractivity contribution in [3.8, 4) is 0 Å². The Kier molecular flexibility index (Phi) is 5.05. The monoisotopic (exact) mass is 282 g/mol. The highest BCUT2D eigenvalue weighted by molar-refractivity contribution is 5.82. The minimum absolute atomic E-state index is 0.0787. The van der Waals surface area contributed by atoms with Gasteiger partial charge in [0.05, 0.1) is 18.8 Å². The summed E-state index contributed by atoms with van der Waals surface area (Å²) in [7, 11) is 0. The topological polar surface area (TPSA) is 70.6 Å². The predicted octanol–water partition coefficient (Wildman–Crippen LogP) is 0.352. The maximum Gasteiger partial charge on any atom is 0.239 e. The Labute approximate surface area is 117 Å². The summed E-state index contributed by atoms with van der Waals surface area (Å²) in [5.41, 5.74) is 0.563. The second-order valence-corrected chi connectivity index (χ2v) is 4.82. The number of halogens is 1. The van der Waals surface area contributed by atoms with Crippen LogP contribution in [0.1, 0.15) is 18.6 Å². The van der Waals surface area contributed by atoms with Gasteiger partial charge in [0.15, 0.2) is 0 Å². The molecule has 0 saturated carbocycles. The molecule has 3 N–H and O–H groups in total. The summed E-state index contributed by atoms with van der Waals surface area (Å²) >= 11 is 0. The van der Waals surface area contributed by atoms with Gasteiger partial charge in [-0.05, 0) is 24.6 Å². The zero-order chi connectivity index (χ0) is 14.5. The molecule has 0 spiro atoms. The summed E-state index contributed by atoms with van der Waals surface area (Å²) < 4.78 is 18.2. The van der Waals surface area contributed by atoms with Gasteiger partial charge in [-0.1, -0.05) is 12.1 Å². The van der Waals surface area contributed by atoms with Crippen molar-refractivity contribution in [1.82, 2.24) is 10.6 Å². The molecule has 1 saturated heterocycles. The van der Waals surface area contributed by atoms with E-state index < -0.39 is 12.1 Å². The first kappa shape index (κ1) is 14.9. The minimum atomic E-state index is -0.862. The number of morpholine rings is 1. The molecule has 5 nitrogen and oxygen atoms in total. The molecule has 1 heterocycles. The maximum atomic E-state index is 12.8. The van der Waals surface area contributed by atoms with Crippen molar-refractivity contribution < 1.29 is 19.0 Å². The predicted molar refractivity (Wildman–Crippen MR) is 71.6 cm³/mol. The number of benzene rings is 1. The molecule has 2 rings (SSSR count). The van der Waals surface area contributed by atoms with E-state index in [1.165, 1.54) is 24.3 Å². The van der Waals surface area contributed by atoms with Crippen LogP contribution in [0.2, 0.25) is 0 Å². The summed E-state index contributed by atoms with van der Waals surface area (Å²) in [5.74, 6) is -0.569. The lowest BCUT2D eigenvalue weighted by Crippen LogP contribution is -2.55. The van der Waals surface area contributed by atoms with Gasteiger partial charge in [-0.2, -0.15) is 0 Å². The zero-order valence-corrected chi connectivity index (χ0v) is 11.3. The second kappa shape index (κ2) is 6.78. The van der Waals surface area contributed by atoms with Crippen molar-refractivity contribution in [2.45, 2.75) is 25.2 Å². The number of carbonyl (C=O) groups excluding carboxylic acids is 1. The smallest absolute Gasteiger partial charge is 0.239 e. The average Bonchev–Trinajstić information content (AvgIpc) is 2.45. The van der Waals surface area contributed by atoms with Crippen LogP contribution in [0, 0.1) is 5.82 Å². The molecule has 1 amide bonds. The minimum Gasteiger partial charge on any atom is -0.387 e. The van der Waals surface area contributed by atoms with E-state index in [2.05, 4.69) is 10.6 Å². The van der Waals surface area contributed by atoms with Crippen LogP contribution in [0.4, 0.5) is 4.39 Å². The molecule has 0 aliphatic carbocycles. The summed E-state index contributed by atoms with van der Waals surface area (Å²) in [4.78, 5) is 12.0. The van der Waals surface area contributed by atoms with Crippen molar-refractivity contribution in [3.63, 3.8) is 0 Å². The molecule has 1 aliphatic rings. The Bertz CT molecular complexity index is 452. The summed E-state index contributed by atoms with van der Waals surface area (Å²) in [6.45, 7) is 3.12. The molecule has 20 heavy (non-hydrogen) atoms. The number of hydrogen-bond acceptors (Lipinski definition) is 4. The third kappa shape index (κ3) is 3.75. The van der Waals surface area contributed by atoms with Gasteiger partial charge >= 0.3 is 0 Å². The molecule has 1 aliphatic heterocycles. The molecule has 1 aromatic rings. The number of aliphatic hydroxyl groups is 1. The Hall–Kier alpha value is -1.50. The Morgan fingerprint density at radius 1 is 1.55 bits per heavy atom. The fourth-order valence-electron chi connectivity index (χ4n) is 2.14. The molecular formula is C14H19FN2O3. The van der Waals surface area contributed by atoms with E-state index in [9.17, 15) is 14.3 Å². The molecule has 3 atom stereocenters. The molecule has 6 heteroatoms. The van der Waals surface area contributed by atoms with E-state index in [-0.39, 0.29) is 24.4 Å². The Morgan fingerprint density at radius 3 is 2.90 bits per heavy atom. The summed E-state index contributed by atoms with van der Waals surface area (Å²) in [6.07, 6.45) is -1.06. The zero-order valence-electron chi connectivity index (χ0n) is 11.3.